The Morgan fingerprint density at radius 2 is 1.93 bits per heavy atom. The SMILES string of the molecule is C[C@@H]1CN([C@@H](C)CO)S(=O)(=O)c2ccc(C#Cc3ccccc3F)cc2O[C@H]1CN(C)C(=O)Cc1ccncc1. The quantitative estimate of drug-likeness (QED) is 0.461. The van der Waals surface area contributed by atoms with Crippen LogP contribution in [0.15, 0.2) is 71.9 Å². The Hall–Kier alpha value is -3.78. The number of aliphatic hydroxyl groups excluding tert-OH is 1. The molecule has 210 valence electrons. The van der Waals surface area contributed by atoms with Gasteiger partial charge in [0.25, 0.3) is 0 Å². The lowest BCUT2D eigenvalue weighted by molar-refractivity contribution is -0.130. The molecule has 3 atom stereocenters. The number of aliphatic hydroxyl groups is 1. The fourth-order valence-corrected chi connectivity index (χ4v) is 6.23. The third kappa shape index (κ3) is 6.67. The van der Waals surface area contributed by atoms with E-state index in [2.05, 4.69) is 16.8 Å². The van der Waals surface area contributed by atoms with Crippen molar-refractivity contribution in [3.63, 3.8) is 0 Å². The highest BCUT2D eigenvalue weighted by Gasteiger charge is 2.38. The molecule has 10 heteroatoms. The van der Waals surface area contributed by atoms with Crippen LogP contribution >= 0.6 is 0 Å². The van der Waals surface area contributed by atoms with Crippen molar-refractivity contribution in [2.24, 2.45) is 5.92 Å². The van der Waals surface area contributed by atoms with E-state index >= 15 is 0 Å². The standard InChI is InChI=1S/C30H32FN3O5S/c1-21-18-34(22(2)20-35)40(37,38)29-11-9-23(8-10-25-6-4-5-7-26(25)31)16-27(29)39-28(21)19-33(3)30(36)17-24-12-14-32-15-13-24/h4-7,9,11-16,21-22,28,35H,17-20H2,1-3H3/t21-,22+,28+/m1/s1. The molecule has 0 unspecified atom stereocenters. The van der Waals surface area contributed by atoms with Crippen molar-refractivity contribution >= 4 is 15.9 Å². The average Bonchev–Trinajstić information content (AvgIpc) is 2.94. The molecule has 0 radical (unpaired) electrons. The van der Waals surface area contributed by atoms with Crippen LogP contribution in [-0.4, -0.2) is 72.5 Å². The van der Waals surface area contributed by atoms with Crippen LogP contribution in [-0.2, 0) is 21.2 Å². The molecule has 8 nitrogen and oxygen atoms in total. The van der Waals surface area contributed by atoms with Crippen molar-refractivity contribution < 1.29 is 27.4 Å². The summed E-state index contributed by atoms with van der Waals surface area (Å²) in [6.07, 6.45) is 2.88. The second kappa shape index (κ2) is 12.6. The summed E-state index contributed by atoms with van der Waals surface area (Å²) in [6, 6.07) is 13.5. The van der Waals surface area contributed by atoms with E-state index in [0.29, 0.717) is 5.56 Å². The lowest BCUT2D eigenvalue weighted by Crippen LogP contribution is -2.50. The maximum absolute atomic E-state index is 14.1. The van der Waals surface area contributed by atoms with E-state index in [1.165, 1.54) is 22.5 Å². The second-order valence-electron chi connectivity index (χ2n) is 9.94. The Kier molecular flexibility index (Phi) is 9.20. The van der Waals surface area contributed by atoms with Crippen LogP contribution in [0.3, 0.4) is 0 Å². The van der Waals surface area contributed by atoms with Gasteiger partial charge in [0.1, 0.15) is 22.6 Å². The number of carbonyl (C=O) groups excluding carboxylic acids is 1. The molecule has 1 aromatic heterocycles. The summed E-state index contributed by atoms with van der Waals surface area (Å²) in [5.74, 6) is 4.84. The minimum absolute atomic E-state index is 0.0630. The number of ether oxygens (including phenoxy) is 1. The van der Waals surface area contributed by atoms with Gasteiger partial charge in [-0.3, -0.25) is 9.78 Å². The summed E-state index contributed by atoms with van der Waals surface area (Å²) in [7, 11) is -2.35. The van der Waals surface area contributed by atoms with Crippen molar-refractivity contribution in [2.75, 3.05) is 26.7 Å². The van der Waals surface area contributed by atoms with E-state index in [-0.39, 0.29) is 54.2 Å². The topological polar surface area (TPSA) is 100 Å². The Morgan fingerprint density at radius 1 is 1.20 bits per heavy atom. The van der Waals surface area contributed by atoms with E-state index in [1.54, 1.807) is 67.7 Å². The number of hydrogen-bond acceptors (Lipinski definition) is 6. The van der Waals surface area contributed by atoms with Crippen molar-refractivity contribution in [3.05, 3.63) is 89.5 Å². The Bertz CT molecular complexity index is 1520. The lowest BCUT2D eigenvalue weighted by atomic mass is 10.0. The molecule has 4 rings (SSSR count). The molecule has 0 bridgehead atoms. The summed E-state index contributed by atoms with van der Waals surface area (Å²) >= 11 is 0. The number of carbonyl (C=O) groups is 1. The first-order valence-corrected chi connectivity index (χ1v) is 14.4. The number of aromatic nitrogens is 1. The predicted octanol–water partition coefficient (Wildman–Crippen LogP) is 3.09. The number of likely N-dealkylation sites (N-methyl/N-ethyl adjacent to an activating group) is 1. The minimum Gasteiger partial charge on any atom is -0.487 e. The smallest absolute Gasteiger partial charge is 0.247 e. The molecule has 40 heavy (non-hydrogen) atoms. The zero-order valence-corrected chi connectivity index (χ0v) is 23.4. The van der Waals surface area contributed by atoms with E-state index < -0.39 is 28.0 Å². The highest BCUT2D eigenvalue weighted by molar-refractivity contribution is 7.89. The molecular weight excluding hydrogens is 533 g/mol. The Labute approximate surface area is 234 Å². The lowest BCUT2D eigenvalue weighted by Gasteiger charge is -2.37. The maximum atomic E-state index is 14.1. The fourth-order valence-electron chi connectivity index (χ4n) is 4.41. The van der Waals surface area contributed by atoms with Crippen molar-refractivity contribution in [2.45, 2.75) is 37.3 Å². The molecule has 2 aromatic carbocycles. The summed E-state index contributed by atoms with van der Waals surface area (Å²) in [5, 5.41) is 9.84. The molecule has 0 fully saturated rings. The zero-order valence-electron chi connectivity index (χ0n) is 22.6. The minimum atomic E-state index is -4.03. The van der Waals surface area contributed by atoms with Crippen LogP contribution in [0.25, 0.3) is 0 Å². The first-order valence-electron chi connectivity index (χ1n) is 12.9. The molecule has 2 heterocycles. The molecule has 0 saturated carbocycles. The number of halogens is 1. The number of sulfonamides is 1. The van der Waals surface area contributed by atoms with Gasteiger partial charge in [0.2, 0.25) is 15.9 Å². The number of amides is 1. The third-order valence-corrected chi connectivity index (χ3v) is 8.89. The molecule has 1 aliphatic heterocycles. The largest absolute Gasteiger partial charge is 0.487 e. The van der Waals surface area contributed by atoms with Crippen LogP contribution in [0.5, 0.6) is 5.75 Å². The van der Waals surface area contributed by atoms with Gasteiger partial charge >= 0.3 is 0 Å². The Balaban J connectivity index is 1.68. The number of pyridine rings is 1. The number of nitrogens with zero attached hydrogens (tertiary/aromatic N) is 3. The molecule has 1 aliphatic rings. The number of benzene rings is 2. The van der Waals surface area contributed by atoms with Gasteiger partial charge in [-0.05, 0) is 55.0 Å². The normalized spacial score (nSPS) is 19.1. The monoisotopic (exact) mass is 565 g/mol. The highest BCUT2D eigenvalue weighted by Crippen LogP contribution is 2.34. The maximum Gasteiger partial charge on any atom is 0.247 e. The third-order valence-electron chi connectivity index (χ3n) is 6.87. The predicted molar refractivity (Wildman–Crippen MR) is 148 cm³/mol. The van der Waals surface area contributed by atoms with Crippen molar-refractivity contribution in [1.29, 1.82) is 0 Å². The number of hydrogen-bond donors (Lipinski definition) is 1. The van der Waals surface area contributed by atoms with E-state index in [0.717, 1.165) is 5.56 Å². The average molecular weight is 566 g/mol. The molecule has 0 spiro atoms. The number of rotatable bonds is 6. The van der Waals surface area contributed by atoms with Crippen LogP contribution in [0.2, 0.25) is 0 Å². The van der Waals surface area contributed by atoms with Crippen LogP contribution in [0, 0.1) is 23.6 Å². The van der Waals surface area contributed by atoms with Gasteiger partial charge < -0.3 is 14.7 Å². The first-order chi connectivity index (χ1) is 19.1. The molecule has 0 aliphatic carbocycles. The van der Waals surface area contributed by atoms with Gasteiger partial charge in [-0.2, -0.15) is 4.31 Å². The van der Waals surface area contributed by atoms with Crippen molar-refractivity contribution in [3.8, 4) is 17.6 Å². The Morgan fingerprint density at radius 3 is 2.62 bits per heavy atom. The van der Waals surface area contributed by atoms with Crippen LogP contribution in [0.4, 0.5) is 4.39 Å². The summed E-state index contributed by atoms with van der Waals surface area (Å²) in [6.45, 7) is 3.43. The van der Waals surface area contributed by atoms with E-state index in [9.17, 15) is 22.7 Å². The highest BCUT2D eigenvalue weighted by atomic mass is 32.2. The van der Waals surface area contributed by atoms with Gasteiger partial charge in [-0.1, -0.05) is 30.9 Å². The molecule has 0 saturated heterocycles. The molecule has 3 aromatic rings. The van der Waals surface area contributed by atoms with Crippen LogP contribution < -0.4 is 4.74 Å². The van der Waals surface area contributed by atoms with Gasteiger partial charge in [-0.15, -0.1) is 0 Å². The fraction of sp³-hybridized carbons (Fsp3) is 0.333. The summed E-state index contributed by atoms with van der Waals surface area (Å²) < 4.78 is 49.0. The zero-order chi connectivity index (χ0) is 28.9. The van der Waals surface area contributed by atoms with Gasteiger partial charge in [0.15, 0.2) is 0 Å². The molecule has 1 amide bonds. The summed E-state index contributed by atoms with van der Waals surface area (Å²) in [5.41, 5.74) is 1.48. The molecular formula is C30H32FN3O5S. The van der Waals surface area contributed by atoms with E-state index in [4.69, 9.17) is 4.74 Å². The van der Waals surface area contributed by atoms with Crippen LogP contribution in [0.1, 0.15) is 30.5 Å². The van der Waals surface area contributed by atoms with Gasteiger partial charge in [0.05, 0.1) is 25.1 Å². The summed E-state index contributed by atoms with van der Waals surface area (Å²) in [4.78, 5) is 18.5. The van der Waals surface area contributed by atoms with Gasteiger partial charge in [0, 0.05) is 43.5 Å². The van der Waals surface area contributed by atoms with Gasteiger partial charge in [-0.25, -0.2) is 12.8 Å². The molecule has 1 N–H and O–H groups in total. The first kappa shape index (κ1) is 29.2. The van der Waals surface area contributed by atoms with E-state index in [1.807, 2.05) is 6.92 Å². The van der Waals surface area contributed by atoms with Crippen molar-refractivity contribution in [1.82, 2.24) is 14.2 Å². The number of fused-ring (bicyclic) bond motifs is 1. The second-order valence-corrected chi connectivity index (χ2v) is 11.8.